The molecule has 0 aliphatic rings. The summed E-state index contributed by atoms with van der Waals surface area (Å²) in [5, 5.41) is 15.9. The van der Waals surface area contributed by atoms with E-state index >= 15 is 0 Å². The smallest absolute Gasteiger partial charge is 0.253 e. The van der Waals surface area contributed by atoms with E-state index in [0.717, 1.165) is 0 Å². The molecule has 8 nitrogen and oxygen atoms in total. The highest BCUT2D eigenvalue weighted by atomic mass is 19.1. The molecule has 0 saturated carbocycles. The van der Waals surface area contributed by atoms with E-state index in [1.807, 2.05) is 26.8 Å². The Labute approximate surface area is 160 Å². The maximum absolute atomic E-state index is 14.5. The average molecular weight is 381 g/mol. The molecule has 1 N–H and O–H groups in total. The minimum Gasteiger partial charge on any atom is -0.322 e. The fourth-order valence-corrected chi connectivity index (χ4v) is 3.53. The summed E-state index contributed by atoms with van der Waals surface area (Å²) in [7, 11) is 0. The van der Waals surface area contributed by atoms with E-state index in [1.165, 1.54) is 18.6 Å². The van der Waals surface area contributed by atoms with E-state index in [-0.39, 0.29) is 23.3 Å². The van der Waals surface area contributed by atoms with Crippen molar-refractivity contribution >= 4 is 10.9 Å². The summed E-state index contributed by atoms with van der Waals surface area (Å²) in [5.74, 6) is -0.269. The van der Waals surface area contributed by atoms with Gasteiger partial charge in [-0.2, -0.15) is 5.10 Å². The molecule has 0 radical (unpaired) electrons. The van der Waals surface area contributed by atoms with Gasteiger partial charge in [0.2, 0.25) is 0 Å². The van der Waals surface area contributed by atoms with Gasteiger partial charge in [-0.05, 0) is 47.5 Å². The summed E-state index contributed by atoms with van der Waals surface area (Å²) in [5.41, 5.74) is 2.11. The molecule has 28 heavy (non-hydrogen) atoms. The van der Waals surface area contributed by atoms with Crippen LogP contribution in [0.5, 0.6) is 0 Å². The molecule has 0 spiro atoms. The normalized spacial score (nSPS) is 12.8. The fraction of sp³-hybridized carbons (Fsp3) is 0.316. The van der Waals surface area contributed by atoms with Crippen molar-refractivity contribution in [3.05, 3.63) is 58.5 Å². The Morgan fingerprint density at radius 1 is 1.25 bits per heavy atom. The number of fused-ring (bicyclic) bond motifs is 1. The highest BCUT2D eigenvalue weighted by Crippen LogP contribution is 2.27. The van der Waals surface area contributed by atoms with Crippen LogP contribution in [0.1, 0.15) is 32.4 Å². The van der Waals surface area contributed by atoms with Crippen LogP contribution in [0.2, 0.25) is 0 Å². The van der Waals surface area contributed by atoms with E-state index in [2.05, 4.69) is 25.6 Å². The van der Waals surface area contributed by atoms with Gasteiger partial charge in [0.15, 0.2) is 0 Å². The van der Waals surface area contributed by atoms with Crippen molar-refractivity contribution in [1.29, 1.82) is 0 Å². The first-order valence-electron chi connectivity index (χ1n) is 9.10. The Kier molecular flexibility index (Phi) is 4.50. The minimum absolute atomic E-state index is 0.100. The molecule has 4 aromatic rings. The van der Waals surface area contributed by atoms with Gasteiger partial charge in [-0.3, -0.25) is 9.48 Å². The predicted molar refractivity (Wildman–Crippen MR) is 102 cm³/mol. The van der Waals surface area contributed by atoms with Crippen molar-refractivity contribution in [3.8, 4) is 11.3 Å². The zero-order valence-corrected chi connectivity index (χ0v) is 15.8. The number of hydrogen-bond acceptors (Lipinski definition) is 5. The SMILES string of the molecule is CCn1ncc2c(F)cc(-c3ccc(C(C(C)C)n4cnnn4)c(=O)[nH]3)cc21. The third-order valence-corrected chi connectivity index (χ3v) is 4.86. The van der Waals surface area contributed by atoms with Gasteiger partial charge in [0.1, 0.15) is 12.1 Å². The number of aromatic nitrogens is 7. The van der Waals surface area contributed by atoms with Crippen LogP contribution >= 0.6 is 0 Å². The second-order valence-electron chi connectivity index (χ2n) is 6.99. The number of rotatable bonds is 5. The predicted octanol–water partition coefficient (Wildman–Crippen LogP) is 2.78. The Bertz CT molecular complexity index is 1180. The number of H-pyrrole nitrogens is 1. The van der Waals surface area contributed by atoms with Gasteiger partial charge in [0.05, 0.1) is 23.1 Å². The Hall–Kier alpha value is -3.36. The van der Waals surface area contributed by atoms with E-state index in [0.29, 0.717) is 34.3 Å². The van der Waals surface area contributed by atoms with Gasteiger partial charge in [0.25, 0.3) is 5.56 Å². The van der Waals surface area contributed by atoms with Crippen LogP contribution in [0, 0.1) is 11.7 Å². The van der Waals surface area contributed by atoms with Crippen molar-refractivity contribution < 1.29 is 4.39 Å². The van der Waals surface area contributed by atoms with E-state index in [9.17, 15) is 9.18 Å². The molecule has 1 unspecified atom stereocenters. The van der Waals surface area contributed by atoms with Gasteiger partial charge in [0, 0.05) is 23.4 Å². The third-order valence-electron chi connectivity index (χ3n) is 4.86. The summed E-state index contributed by atoms with van der Waals surface area (Å²) in [6.07, 6.45) is 3.01. The molecule has 1 atom stereocenters. The first-order chi connectivity index (χ1) is 13.5. The Balaban J connectivity index is 1.80. The minimum atomic E-state index is -0.370. The number of tetrazole rings is 1. The van der Waals surface area contributed by atoms with Crippen LogP contribution in [-0.4, -0.2) is 35.0 Å². The molecule has 9 heteroatoms. The van der Waals surface area contributed by atoms with Crippen molar-refractivity contribution in [3.63, 3.8) is 0 Å². The van der Waals surface area contributed by atoms with Crippen molar-refractivity contribution in [2.24, 2.45) is 5.92 Å². The summed E-state index contributed by atoms with van der Waals surface area (Å²) in [6, 6.07) is 6.48. The highest BCUT2D eigenvalue weighted by molar-refractivity contribution is 5.84. The van der Waals surface area contributed by atoms with Crippen LogP contribution in [-0.2, 0) is 6.54 Å². The monoisotopic (exact) mass is 381 g/mol. The number of aryl methyl sites for hydroxylation is 1. The van der Waals surface area contributed by atoms with Crippen molar-refractivity contribution in [1.82, 2.24) is 35.0 Å². The van der Waals surface area contributed by atoms with Crippen molar-refractivity contribution in [2.45, 2.75) is 33.4 Å². The molecular weight excluding hydrogens is 361 g/mol. The maximum atomic E-state index is 14.5. The molecule has 0 amide bonds. The lowest BCUT2D eigenvalue weighted by Gasteiger charge is -2.20. The highest BCUT2D eigenvalue weighted by Gasteiger charge is 2.22. The number of hydrogen-bond donors (Lipinski definition) is 1. The first kappa shape index (κ1) is 18.0. The molecular formula is C19H20FN7O. The zero-order chi connectivity index (χ0) is 19.8. The lowest BCUT2D eigenvalue weighted by atomic mass is 9.96. The lowest BCUT2D eigenvalue weighted by molar-refractivity contribution is 0.391. The number of aromatic amines is 1. The van der Waals surface area contributed by atoms with Crippen LogP contribution < -0.4 is 5.56 Å². The Morgan fingerprint density at radius 3 is 2.71 bits per heavy atom. The van der Waals surface area contributed by atoms with Gasteiger partial charge >= 0.3 is 0 Å². The van der Waals surface area contributed by atoms with Crippen molar-refractivity contribution in [2.75, 3.05) is 0 Å². The van der Waals surface area contributed by atoms with E-state index < -0.39 is 0 Å². The second kappa shape index (κ2) is 6.99. The van der Waals surface area contributed by atoms with Gasteiger partial charge in [-0.15, -0.1) is 5.10 Å². The average Bonchev–Trinajstić information content (AvgIpc) is 3.32. The number of nitrogens with one attached hydrogen (secondary N) is 1. The number of pyridine rings is 1. The number of nitrogens with zero attached hydrogens (tertiary/aromatic N) is 6. The third kappa shape index (κ3) is 2.98. The van der Waals surface area contributed by atoms with Gasteiger partial charge in [-0.25, -0.2) is 9.07 Å². The van der Waals surface area contributed by atoms with Crippen LogP contribution in [0.3, 0.4) is 0 Å². The zero-order valence-electron chi connectivity index (χ0n) is 15.8. The second-order valence-corrected chi connectivity index (χ2v) is 6.99. The molecule has 144 valence electrons. The molecule has 0 aliphatic heterocycles. The van der Waals surface area contributed by atoms with Gasteiger partial charge in [-0.1, -0.05) is 13.8 Å². The lowest BCUT2D eigenvalue weighted by Crippen LogP contribution is -2.25. The quantitative estimate of drug-likeness (QED) is 0.574. The van der Waals surface area contributed by atoms with Crippen LogP contribution in [0.4, 0.5) is 4.39 Å². The largest absolute Gasteiger partial charge is 0.322 e. The van der Waals surface area contributed by atoms with E-state index in [4.69, 9.17) is 0 Å². The van der Waals surface area contributed by atoms with Gasteiger partial charge < -0.3 is 4.98 Å². The summed E-state index contributed by atoms with van der Waals surface area (Å²) in [6.45, 7) is 6.56. The molecule has 4 rings (SSSR count). The molecule has 0 fully saturated rings. The van der Waals surface area contributed by atoms with Crippen LogP contribution in [0.15, 0.2) is 41.6 Å². The molecule has 1 aromatic carbocycles. The molecule has 0 saturated heterocycles. The topological polar surface area (TPSA) is 94.3 Å². The number of halogens is 1. The molecule has 0 aliphatic carbocycles. The molecule has 0 bridgehead atoms. The summed E-state index contributed by atoms with van der Waals surface area (Å²) >= 11 is 0. The van der Waals surface area contributed by atoms with E-state index in [1.54, 1.807) is 21.5 Å². The summed E-state index contributed by atoms with van der Waals surface area (Å²) in [4.78, 5) is 15.7. The molecule has 3 aromatic heterocycles. The maximum Gasteiger partial charge on any atom is 0.253 e. The number of benzene rings is 1. The first-order valence-corrected chi connectivity index (χ1v) is 9.10. The van der Waals surface area contributed by atoms with Crippen LogP contribution in [0.25, 0.3) is 22.2 Å². The fourth-order valence-electron chi connectivity index (χ4n) is 3.53. The standard InChI is InChI=1S/C19H20FN7O/c1-4-26-17-8-12(7-15(20)14(17)9-22-26)16-6-5-13(19(28)23-16)18(11(2)3)27-10-21-24-25-27/h5-11,18H,4H2,1-3H3,(H,23,28). The molecule has 3 heterocycles. The summed E-state index contributed by atoms with van der Waals surface area (Å²) < 4.78 is 17.8. The Morgan fingerprint density at radius 2 is 2.07 bits per heavy atom.